The van der Waals surface area contributed by atoms with Gasteiger partial charge in [0.05, 0.1) is 11.0 Å². The van der Waals surface area contributed by atoms with Crippen LogP contribution in [-0.2, 0) is 19.6 Å². The minimum Gasteiger partial charge on any atom is -0.488 e. The number of H-pyrrole nitrogens is 1. The van der Waals surface area contributed by atoms with Gasteiger partial charge >= 0.3 is 5.76 Å². The first-order chi connectivity index (χ1) is 17.6. The SMILES string of the molecule is CCCc1nc2c(C)cccc2n1Cc1ccc2c(c1)COc1ccccc1C2=Cc1noc(=O)[nH]1. The van der Waals surface area contributed by atoms with Crippen LogP contribution in [0.15, 0.2) is 70.0 Å². The second-order valence-electron chi connectivity index (χ2n) is 9.12. The van der Waals surface area contributed by atoms with E-state index in [-0.39, 0.29) is 0 Å². The number of fused-ring (bicyclic) bond motifs is 3. The number of aromatic nitrogens is 4. The van der Waals surface area contributed by atoms with Crippen LogP contribution in [0, 0.1) is 6.92 Å². The van der Waals surface area contributed by atoms with E-state index in [9.17, 15) is 4.79 Å². The van der Waals surface area contributed by atoms with Crippen LogP contribution in [0.4, 0.5) is 0 Å². The second kappa shape index (κ2) is 9.00. The summed E-state index contributed by atoms with van der Waals surface area (Å²) in [6, 6.07) is 20.8. The predicted octanol–water partition coefficient (Wildman–Crippen LogP) is 5.50. The quantitative estimate of drug-likeness (QED) is 0.360. The summed E-state index contributed by atoms with van der Waals surface area (Å²) in [6.07, 6.45) is 3.81. The monoisotopic (exact) mass is 478 g/mol. The Morgan fingerprint density at radius 1 is 1.08 bits per heavy atom. The normalized spacial score (nSPS) is 13.9. The summed E-state index contributed by atoms with van der Waals surface area (Å²) in [6.45, 7) is 5.47. The van der Waals surface area contributed by atoms with Gasteiger partial charge in [-0.15, -0.1) is 0 Å². The summed E-state index contributed by atoms with van der Waals surface area (Å²) in [4.78, 5) is 19.1. The van der Waals surface area contributed by atoms with Crippen molar-refractivity contribution in [2.75, 3.05) is 0 Å². The van der Waals surface area contributed by atoms with Gasteiger partial charge in [0.15, 0.2) is 5.82 Å². The molecule has 5 aromatic rings. The molecule has 0 spiro atoms. The van der Waals surface area contributed by atoms with Gasteiger partial charge in [-0.2, -0.15) is 0 Å². The summed E-state index contributed by atoms with van der Waals surface area (Å²) >= 11 is 0. The van der Waals surface area contributed by atoms with Crippen molar-refractivity contribution in [1.29, 1.82) is 0 Å². The Morgan fingerprint density at radius 2 is 1.97 bits per heavy atom. The highest BCUT2D eigenvalue weighted by molar-refractivity contribution is 5.93. The smallest absolute Gasteiger partial charge is 0.439 e. The predicted molar refractivity (Wildman–Crippen MR) is 139 cm³/mol. The van der Waals surface area contributed by atoms with E-state index in [4.69, 9.17) is 14.2 Å². The lowest BCUT2D eigenvalue weighted by molar-refractivity contribution is 0.307. The molecular weight excluding hydrogens is 452 g/mol. The second-order valence-corrected chi connectivity index (χ2v) is 9.12. The average Bonchev–Trinajstić information content (AvgIpc) is 3.41. The number of rotatable bonds is 5. The lowest BCUT2D eigenvalue weighted by Crippen LogP contribution is -2.06. The third kappa shape index (κ3) is 3.92. The third-order valence-corrected chi connectivity index (χ3v) is 6.63. The number of aromatic amines is 1. The molecule has 7 heteroatoms. The zero-order chi connectivity index (χ0) is 24.6. The van der Waals surface area contributed by atoms with E-state index >= 15 is 0 Å². The third-order valence-electron chi connectivity index (χ3n) is 6.63. The van der Waals surface area contributed by atoms with Crippen molar-refractivity contribution >= 4 is 22.7 Å². The molecule has 3 heterocycles. The minimum atomic E-state index is -0.582. The van der Waals surface area contributed by atoms with Gasteiger partial charge in [-0.1, -0.05) is 54.5 Å². The summed E-state index contributed by atoms with van der Waals surface area (Å²) in [5.74, 6) is 1.68. The number of aryl methyl sites for hydroxylation is 2. The summed E-state index contributed by atoms with van der Waals surface area (Å²) in [5, 5.41) is 3.85. The van der Waals surface area contributed by atoms with Crippen LogP contribution in [-0.4, -0.2) is 19.7 Å². The first-order valence-electron chi connectivity index (χ1n) is 12.2. The van der Waals surface area contributed by atoms with E-state index in [2.05, 4.69) is 65.0 Å². The lowest BCUT2D eigenvalue weighted by Gasteiger charge is -2.13. The lowest BCUT2D eigenvalue weighted by atomic mass is 9.92. The van der Waals surface area contributed by atoms with Crippen LogP contribution in [0.1, 0.15) is 52.8 Å². The highest BCUT2D eigenvalue weighted by atomic mass is 16.5. The van der Waals surface area contributed by atoms with Gasteiger partial charge in [0.25, 0.3) is 0 Å². The number of hydrogen-bond donors (Lipinski definition) is 1. The zero-order valence-corrected chi connectivity index (χ0v) is 20.2. The Labute approximate surface area is 208 Å². The Balaban J connectivity index is 1.45. The van der Waals surface area contributed by atoms with E-state index in [1.165, 1.54) is 11.1 Å². The fourth-order valence-corrected chi connectivity index (χ4v) is 4.95. The van der Waals surface area contributed by atoms with E-state index in [0.717, 1.165) is 64.3 Å². The molecule has 1 aliphatic heterocycles. The van der Waals surface area contributed by atoms with Gasteiger partial charge in [0, 0.05) is 18.5 Å². The Kier molecular flexibility index (Phi) is 5.52. The molecule has 0 aliphatic carbocycles. The first-order valence-corrected chi connectivity index (χ1v) is 12.2. The molecule has 180 valence electrons. The molecule has 0 radical (unpaired) electrons. The number of para-hydroxylation sites is 2. The van der Waals surface area contributed by atoms with Crippen molar-refractivity contribution in [3.63, 3.8) is 0 Å². The van der Waals surface area contributed by atoms with Gasteiger partial charge in [0.1, 0.15) is 18.2 Å². The summed E-state index contributed by atoms with van der Waals surface area (Å²) in [7, 11) is 0. The summed E-state index contributed by atoms with van der Waals surface area (Å²) in [5.41, 5.74) is 8.56. The van der Waals surface area contributed by atoms with Gasteiger partial charge in [-0.3, -0.25) is 9.51 Å². The topological polar surface area (TPSA) is 85.9 Å². The number of imidazole rings is 1. The van der Waals surface area contributed by atoms with Crippen LogP contribution in [0.5, 0.6) is 5.75 Å². The maximum absolute atomic E-state index is 11.5. The van der Waals surface area contributed by atoms with Crippen LogP contribution in [0.3, 0.4) is 0 Å². The van der Waals surface area contributed by atoms with E-state index < -0.39 is 5.76 Å². The van der Waals surface area contributed by atoms with Gasteiger partial charge < -0.3 is 9.30 Å². The van der Waals surface area contributed by atoms with E-state index in [0.29, 0.717) is 12.4 Å². The zero-order valence-electron chi connectivity index (χ0n) is 20.2. The molecule has 1 aliphatic rings. The Hall–Kier alpha value is -4.39. The molecule has 2 aromatic heterocycles. The van der Waals surface area contributed by atoms with Crippen molar-refractivity contribution in [3.8, 4) is 5.75 Å². The molecule has 1 N–H and O–H groups in total. The fraction of sp³-hybridized carbons (Fsp3) is 0.207. The maximum atomic E-state index is 11.5. The largest absolute Gasteiger partial charge is 0.488 e. The minimum absolute atomic E-state index is 0.367. The molecule has 0 saturated carbocycles. The first kappa shape index (κ1) is 22.1. The maximum Gasteiger partial charge on any atom is 0.439 e. The van der Waals surface area contributed by atoms with Crippen LogP contribution in [0.25, 0.3) is 22.7 Å². The Morgan fingerprint density at radius 3 is 2.81 bits per heavy atom. The van der Waals surface area contributed by atoms with Crippen molar-refractivity contribution in [1.82, 2.24) is 19.7 Å². The van der Waals surface area contributed by atoms with E-state index in [1.54, 1.807) is 0 Å². The molecule has 0 unspecified atom stereocenters. The van der Waals surface area contributed by atoms with Crippen molar-refractivity contribution in [2.24, 2.45) is 0 Å². The molecule has 0 atom stereocenters. The molecule has 36 heavy (non-hydrogen) atoms. The number of benzene rings is 3. The van der Waals surface area contributed by atoms with Crippen LogP contribution in [0.2, 0.25) is 0 Å². The van der Waals surface area contributed by atoms with Crippen molar-refractivity contribution in [3.05, 3.63) is 111 Å². The molecule has 6 rings (SSSR count). The molecular formula is C29H26N4O3. The van der Waals surface area contributed by atoms with Crippen molar-refractivity contribution in [2.45, 2.75) is 39.8 Å². The van der Waals surface area contributed by atoms with Crippen molar-refractivity contribution < 1.29 is 9.26 Å². The van der Waals surface area contributed by atoms with Crippen LogP contribution < -0.4 is 10.5 Å². The number of ether oxygens (including phenoxy) is 1. The van der Waals surface area contributed by atoms with Gasteiger partial charge in [0.2, 0.25) is 0 Å². The highest BCUT2D eigenvalue weighted by Crippen LogP contribution is 2.38. The van der Waals surface area contributed by atoms with E-state index in [1.807, 2.05) is 30.3 Å². The molecule has 3 aromatic carbocycles. The molecule has 0 amide bonds. The number of nitrogens with one attached hydrogen (secondary N) is 1. The standard InChI is InChI=1S/C29H26N4O3/c1-3-7-27-31-28-18(2)8-6-10-24(28)33(27)16-19-12-13-21-20(14-19)17-35-25-11-5-4-9-22(25)23(21)15-26-30-29(34)36-32-26/h4-6,8-15H,3,7,16-17H2,1-2H3,(H,30,32,34). The fourth-order valence-electron chi connectivity index (χ4n) is 4.95. The average molecular weight is 479 g/mol. The summed E-state index contributed by atoms with van der Waals surface area (Å²) < 4.78 is 13.3. The molecule has 0 bridgehead atoms. The molecule has 0 saturated heterocycles. The molecule has 0 fully saturated rings. The number of hydrogen-bond acceptors (Lipinski definition) is 5. The highest BCUT2D eigenvalue weighted by Gasteiger charge is 2.21. The Bertz CT molecular complexity index is 1670. The van der Waals surface area contributed by atoms with Crippen LogP contribution >= 0.6 is 0 Å². The van der Waals surface area contributed by atoms with Gasteiger partial charge in [-0.25, -0.2) is 9.78 Å². The molecule has 7 nitrogen and oxygen atoms in total. The van der Waals surface area contributed by atoms with Gasteiger partial charge in [-0.05, 0) is 65.4 Å². The number of nitrogens with zero attached hydrogens (tertiary/aromatic N) is 3.